The number of benzene rings is 1. The number of aromatic hydroxyl groups is 1. The Morgan fingerprint density at radius 2 is 2.27 bits per heavy atom. The van der Waals surface area contributed by atoms with E-state index in [0.717, 1.165) is 3.57 Å². The molecule has 0 aliphatic carbocycles. The van der Waals surface area contributed by atoms with Crippen molar-refractivity contribution in [2.75, 3.05) is 5.32 Å². The lowest BCUT2D eigenvalue weighted by Gasteiger charge is -1.99. The summed E-state index contributed by atoms with van der Waals surface area (Å²) >= 11 is 2.00. The van der Waals surface area contributed by atoms with Gasteiger partial charge in [0.25, 0.3) is 0 Å². The van der Waals surface area contributed by atoms with Crippen LogP contribution in [0.3, 0.4) is 0 Å². The number of nitrogens with one attached hydrogen (secondary N) is 1. The molecule has 0 saturated carbocycles. The standard InChI is InChI=1S/C7H6INO2/c8-6-2-1-5(9-4-10)3-7(6)11/h1-4,11H,(H,9,10). The van der Waals surface area contributed by atoms with E-state index in [1.54, 1.807) is 12.1 Å². The van der Waals surface area contributed by atoms with E-state index in [0.29, 0.717) is 12.1 Å². The molecule has 0 heterocycles. The smallest absolute Gasteiger partial charge is 0.211 e. The van der Waals surface area contributed by atoms with E-state index in [1.165, 1.54) is 6.07 Å². The van der Waals surface area contributed by atoms with Crippen molar-refractivity contribution in [2.45, 2.75) is 0 Å². The SMILES string of the molecule is O=CNc1ccc(I)c(O)c1. The summed E-state index contributed by atoms with van der Waals surface area (Å²) in [5, 5.41) is 11.6. The highest BCUT2D eigenvalue weighted by molar-refractivity contribution is 14.1. The first-order valence-electron chi connectivity index (χ1n) is 2.93. The van der Waals surface area contributed by atoms with E-state index in [1.807, 2.05) is 22.6 Å². The quantitative estimate of drug-likeness (QED) is 0.628. The maximum atomic E-state index is 9.98. The molecule has 0 atom stereocenters. The average Bonchev–Trinajstić information content (AvgIpc) is 1.98. The van der Waals surface area contributed by atoms with Crippen LogP contribution in [-0.2, 0) is 4.79 Å². The van der Waals surface area contributed by atoms with Crippen LogP contribution in [0, 0.1) is 3.57 Å². The summed E-state index contributed by atoms with van der Waals surface area (Å²) in [6, 6.07) is 4.94. The molecule has 1 aromatic rings. The van der Waals surface area contributed by atoms with Crippen LogP contribution >= 0.6 is 22.6 Å². The Hall–Kier alpha value is -0.780. The van der Waals surface area contributed by atoms with Gasteiger partial charge in [-0.15, -0.1) is 0 Å². The van der Waals surface area contributed by atoms with Gasteiger partial charge in [0, 0.05) is 11.8 Å². The lowest BCUT2D eigenvalue weighted by atomic mass is 10.3. The van der Waals surface area contributed by atoms with Gasteiger partial charge in [-0.3, -0.25) is 4.79 Å². The topological polar surface area (TPSA) is 49.3 Å². The minimum atomic E-state index is 0.178. The van der Waals surface area contributed by atoms with Gasteiger partial charge in [-0.25, -0.2) is 0 Å². The van der Waals surface area contributed by atoms with E-state index < -0.39 is 0 Å². The van der Waals surface area contributed by atoms with Crippen molar-refractivity contribution in [3.05, 3.63) is 21.8 Å². The van der Waals surface area contributed by atoms with Gasteiger partial charge in [-0.05, 0) is 34.7 Å². The maximum absolute atomic E-state index is 9.98. The molecule has 11 heavy (non-hydrogen) atoms. The molecule has 3 nitrogen and oxygen atoms in total. The summed E-state index contributed by atoms with van der Waals surface area (Å²) in [4.78, 5) is 9.98. The zero-order valence-corrected chi connectivity index (χ0v) is 7.70. The Labute approximate surface area is 77.6 Å². The highest BCUT2D eigenvalue weighted by Gasteiger charge is 1.97. The van der Waals surface area contributed by atoms with Gasteiger partial charge in [0.05, 0.1) is 3.57 Å². The molecule has 58 valence electrons. The van der Waals surface area contributed by atoms with Crippen molar-refractivity contribution >= 4 is 34.7 Å². The van der Waals surface area contributed by atoms with Crippen molar-refractivity contribution in [1.82, 2.24) is 0 Å². The van der Waals surface area contributed by atoms with Gasteiger partial charge in [-0.1, -0.05) is 0 Å². The predicted molar refractivity (Wildman–Crippen MR) is 50.5 cm³/mol. The summed E-state index contributed by atoms with van der Waals surface area (Å²) < 4.78 is 0.763. The highest BCUT2D eigenvalue weighted by atomic mass is 127. The van der Waals surface area contributed by atoms with E-state index in [2.05, 4.69) is 5.32 Å². The zero-order chi connectivity index (χ0) is 8.27. The number of hydrogen-bond donors (Lipinski definition) is 2. The second-order valence-electron chi connectivity index (χ2n) is 1.93. The molecule has 0 aliphatic rings. The van der Waals surface area contributed by atoms with E-state index in [4.69, 9.17) is 5.11 Å². The molecule has 0 radical (unpaired) electrons. The Morgan fingerprint density at radius 3 is 2.82 bits per heavy atom. The van der Waals surface area contributed by atoms with Crippen LogP contribution in [0.5, 0.6) is 5.75 Å². The van der Waals surface area contributed by atoms with Gasteiger partial charge < -0.3 is 10.4 Å². The largest absolute Gasteiger partial charge is 0.507 e. The normalized spacial score (nSPS) is 9.18. The number of rotatable bonds is 2. The summed E-state index contributed by atoms with van der Waals surface area (Å²) in [5.74, 6) is 0.178. The molecule has 0 saturated heterocycles. The van der Waals surface area contributed by atoms with Crippen molar-refractivity contribution < 1.29 is 9.90 Å². The third kappa shape index (κ3) is 2.07. The third-order valence-electron chi connectivity index (χ3n) is 1.17. The maximum Gasteiger partial charge on any atom is 0.211 e. The molecule has 2 N–H and O–H groups in total. The van der Waals surface area contributed by atoms with Crippen LogP contribution in [0.1, 0.15) is 0 Å². The van der Waals surface area contributed by atoms with Crippen molar-refractivity contribution in [2.24, 2.45) is 0 Å². The van der Waals surface area contributed by atoms with Crippen LogP contribution < -0.4 is 5.32 Å². The molecule has 1 rings (SSSR count). The fourth-order valence-corrected chi connectivity index (χ4v) is 1.01. The summed E-state index contributed by atoms with van der Waals surface area (Å²) in [7, 11) is 0. The summed E-state index contributed by atoms with van der Waals surface area (Å²) in [5.41, 5.74) is 0.595. The van der Waals surface area contributed by atoms with Crippen LogP contribution in [0.15, 0.2) is 18.2 Å². The predicted octanol–water partition coefficient (Wildman–Crippen LogP) is 1.57. The van der Waals surface area contributed by atoms with E-state index in [9.17, 15) is 4.79 Å². The minimum Gasteiger partial charge on any atom is -0.507 e. The van der Waals surface area contributed by atoms with Crippen molar-refractivity contribution in [1.29, 1.82) is 0 Å². The van der Waals surface area contributed by atoms with E-state index in [-0.39, 0.29) is 5.75 Å². The van der Waals surface area contributed by atoms with Gasteiger partial charge in [0.2, 0.25) is 6.41 Å². The van der Waals surface area contributed by atoms with Crippen molar-refractivity contribution in [3.8, 4) is 5.75 Å². The third-order valence-corrected chi connectivity index (χ3v) is 2.08. The summed E-state index contributed by atoms with van der Waals surface area (Å²) in [6.07, 6.45) is 0.571. The van der Waals surface area contributed by atoms with Crippen molar-refractivity contribution in [3.63, 3.8) is 0 Å². The molecular formula is C7H6INO2. The first-order chi connectivity index (χ1) is 5.24. The number of phenols is 1. The lowest BCUT2D eigenvalue weighted by Crippen LogP contribution is -1.92. The molecule has 4 heteroatoms. The molecule has 1 aromatic carbocycles. The number of anilines is 1. The minimum absolute atomic E-state index is 0.178. The number of amides is 1. The van der Waals surface area contributed by atoms with Crippen LogP contribution in [0.25, 0.3) is 0 Å². The second-order valence-corrected chi connectivity index (χ2v) is 3.09. The van der Waals surface area contributed by atoms with Crippen LogP contribution in [0.2, 0.25) is 0 Å². The number of halogens is 1. The fourth-order valence-electron chi connectivity index (χ4n) is 0.670. The first kappa shape index (κ1) is 8.32. The fraction of sp³-hybridized carbons (Fsp3) is 0. The van der Waals surface area contributed by atoms with Crippen LogP contribution in [0.4, 0.5) is 5.69 Å². The molecule has 0 spiro atoms. The first-order valence-corrected chi connectivity index (χ1v) is 4.00. The Balaban J connectivity index is 2.95. The molecule has 0 aromatic heterocycles. The number of carbonyl (C=O) groups excluding carboxylic acids is 1. The Morgan fingerprint density at radius 1 is 1.55 bits per heavy atom. The molecule has 0 bridgehead atoms. The molecule has 0 fully saturated rings. The lowest BCUT2D eigenvalue weighted by molar-refractivity contribution is -0.105. The van der Waals surface area contributed by atoms with Gasteiger partial charge in [0.15, 0.2) is 0 Å². The van der Waals surface area contributed by atoms with Gasteiger partial charge >= 0.3 is 0 Å². The summed E-state index contributed by atoms with van der Waals surface area (Å²) in [6.45, 7) is 0. The number of hydrogen-bond acceptors (Lipinski definition) is 2. The average molecular weight is 263 g/mol. The Kier molecular flexibility index (Phi) is 2.70. The number of carbonyl (C=O) groups is 1. The molecule has 0 aliphatic heterocycles. The second kappa shape index (κ2) is 3.56. The van der Waals surface area contributed by atoms with Gasteiger partial charge in [0.1, 0.15) is 5.75 Å². The van der Waals surface area contributed by atoms with Crippen LogP contribution in [-0.4, -0.2) is 11.5 Å². The Bertz CT molecular complexity index is 275. The highest BCUT2D eigenvalue weighted by Crippen LogP contribution is 2.22. The molecule has 1 amide bonds. The van der Waals surface area contributed by atoms with Gasteiger partial charge in [-0.2, -0.15) is 0 Å². The molecular weight excluding hydrogens is 257 g/mol. The monoisotopic (exact) mass is 263 g/mol. The molecule has 0 unspecified atom stereocenters. The zero-order valence-electron chi connectivity index (χ0n) is 5.54. The number of phenolic OH excluding ortho intramolecular Hbond substituents is 1. The van der Waals surface area contributed by atoms with E-state index >= 15 is 0 Å².